The number of carbonyl (C=O) groups is 4. The molecule has 5 bridgehead atoms. The normalized spacial score (nSPS) is 32.0. The number of benzene rings is 2. The highest BCUT2D eigenvalue weighted by atomic mass is 79.9. The molecular formula is C38H44BrN3O7. The Bertz CT molecular complexity index is 1630. The molecule has 4 heterocycles. The Kier molecular flexibility index (Phi) is 10.2. The van der Waals surface area contributed by atoms with Gasteiger partial charge in [0.05, 0.1) is 24.6 Å². The van der Waals surface area contributed by atoms with Crippen molar-refractivity contribution in [3.8, 4) is 0 Å². The quantitative estimate of drug-likeness (QED) is 0.346. The lowest BCUT2D eigenvalue weighted by atomic mass is 9.74. The molecule has 1 spiro atoms. The molecular weight excluding hydrogens is 690 g/mol. The van der Waals surface area contributed by atoms with Gasteiger partial charge in [-0.1, -0.05) is 103 Å². The largest absolute Gasteiger partial charge is 0.455 e. The van der Waals surface area contributed by atoms with Crippen LogP contribution in [-0.2, 0) is 35.2 Å². The number of hydrogen-bond acceptors (Lipinski definition) is 7. The fourth-order valence-corrected chi connectivity index (χ4v) is 8.55. The van der Waals surface area contributed by atoms with Crippen LogP contribution in [0.3, 0.4) is 0 Å². The summed E-state index contributed by atoms with van der Waals surface area (Å²) in [5, 5.41) is 10.6. The van der Waals surface area contributed by atoms with Gasteiger partial charge in [-0.05, 0) is 36.5 Å². The second kappa shape index (κ2) is 14.2. The summed E-state index contributed by atoms with van der Waals surface area (Å²) in [5.74, 6) is -3.89. The molecule has 2 fully saturated rings. The number of ether oxygens (including phenoxy) is 2. The van der Waals surface area contributed by atoms with Crippen LogP contribution >= 0.6 is 15.9 Å². The number of allylic oxidation sites excluding steroid dienone is 1. The highest BCUT2D eigenvalue weighted by Crippen LogP contribution is 2.59. The first-order chi connectivity index (χ1) is 23.5. The van der Waals surface area contributed by atoms with Crippen molar-refractivity contribution in [3.05, 3.63) is 94.5 Å². The van der Waals surface area contributed by atoms with Gasteiger partial charge in [-0.25, -0.2) is 0 Å². The second-order valence-corrected chi connectivity index (χ2v) is 14.7. The highest BCUT2D eigenvalue weighted by molar-refractivity contribution is 9.11. The number of aliphatic hydroxyl groups excluding tert-OH is 1. The lowest BCUT2D eigenvalue weighted by Gasteiger charge is -2.40. The summed E-state index contributed by atoms with van der Waals surface area (Å²) in [6, 6.07) is 16.4. The fourth-order valence-electron chi connectivity index (χ4n) is 7.82. The van der Waals surface area contributed by atoms with E-state index >= 15 is 4.79 Å². The first-order valence-corrected chi connectivity index (χ1v) is 17.8. The number of amides is 3. The number of cyclic esters (lactones) is 1. The molecule has 10 nitrogen and oxygen atoms in total. The lowest BCUT2D eigenvalue weighted by molar-refractivity contribution is -0.164. The monoisotopic (exact) mass is 733 g/mol. The third kappa shape index (κ3) is 6.25. The van der Waals surface area contributed by atoms with Gasteiger partial charge in [0.15, 0.2) is 0 Å². The molecule has 3 amide bonds. The zero-order valence-electron chi connectivity index (χ0n) is 28.3. The first kappa shape index (κ1) is 35.0. The Labute approximate surface area is 295 Å². The minimum atomic E-state index is -1.48. The number of fused-ring (bicyclic) bond motifs is 2. The minimum Gasteiger partial charge on any atom is -0.455 e. The van der Waals surface area contributed by atoms with E-state index in [1.165, 1.54) is 4.90 Å². The van der Waals surface area contributed by atoms with Crippen molar-refractivity contribution in [1.82, 2.24) is 14.7 Å². The molecule has 2 aromatic rings. The minimum absolute atomic E-state index is 0.114. The average Bonchev–Trinajstić information content (AvgIpc) is 3.69. The van der Waals surface area contributed by atoms with Gasteiger partial charge in [-0.3, -0.25) is 19.2 Å². The molecule has 4 aliphatic heterocycles. The van der Waals surface area contributed by atoms with Crippen LogP contribution in [0.25, 0.3) is 0 Å². The van der Waals surface area contributed by atoms with Crippen LogP contribution in [-0.4, -0.2) is 93.5 Å². The van der Waals surface area contributed by atoms with Crippen LogP contribution in [0.4, 0.5) is 0 Å². The maximum absolute atomic E-state index is 15.0. The number of likely N-dealkylation sites (N-methyl/N-ethyl adjacent to an activating group) is 1. The Morgan fingerprint density at radius 3 is 2.29 bits per heavy atom. The smallest absolute Gasteiger partial charge is 0.313 e. The molecule has 4 aliphatic rings. The van der Waals surface area contributed by atoms with E-state index in [4.69, 9.17) is 9.47 Å². The number of halogens is 1. The van der Waals surface area contributed by atoms with E-state index in [9.17, 15) is 19.5 Å². The molecule has 49 heavy (non-hydrogen) atoms. The molecule has 260 valence electrons. The number of aliphatic hydroxyl groups is 1. The Morgan fingerprint density at radius 2 is 1.63 bits per heavy atom. The summed E-state index contributed by atoms with van der Waals surface area (Å²) in [6.07, 6.45) is 4.53. The van der Waals surface area contributed by atoms with Crippen molar-refractivity contribution in [2.75, 3.05) is 20.2 Å². The zero-order chi connectivity index (χ0) is 35.0. The molecule has 0 saturated carbocycles. The maximum atomic E-state index is 15.0. The topological polar surface area (TPSA) is 117 Å². The van der Waals surface area contributed by atoms with E-state index in [0.717, 1.165) is 5.56 Å². The molecule has 0 aliphatic carbocycles. The van der Waals surface area contributed by atoms with E-state index in [-0.39, 0.29) is 43.8 Å². The predicted octanol–water partition coefficient (Wildman–Crippen LogP) is 4.39. The van der Waals surface area contributed by atoms with Crippen LogP contribution < -0.4 is 0 Å². The third-order valence-electron chi connectivity index (χ3n) is 10.5. The molecule has 6 rings (SSSR count). The van der Waals surface area contributed by atoms with Gasteiger partial charge in [-0.2, -0.15) is 0 Å². The van der Waals surface area contributed by atoms with Gasteiger partial charge >= 0.3 is 5.97 Å². The maximum Gasteiger partial charge on any atom is 0.313 e. The summed E-state index contributed by atoms with van der Waals surface area (Å²) >= 11 is 3.62. The predicted molar refractivity (Wildman–Crippen MR) is 186 cm³/mol. The fraction of sp³-hybridized carbons (Fsp3) is 0.474. The Morgan fingerprint density at radius 1 is 0.959 bits per heavy atom. The molecule has 11 heteroatoms. The molecule has 2 saturated heterocycles. The van der Waals surface area contributed by atoms with Crippen LogP contribution in [0, 0.1) is 17.8 Å². The third-order valence-corrected chi connectivity index (χ3v) is 11.2. The van der Waals surface area contributed by atoms with Gasteiger partial charge < -0.3 is 29.3 Å². The number of carbonyl (C=O) groups excluding carboxylic acids is 4. The van der Waals surface area contributed by atoms with Crippen molar-refractivity contribution < 1.29 is 33.8 Å². The van der Waals surface area contributed by atoms with E-state index in [2.05, 4.69) is 15.9 Å². The summed E-state index contributed by atoms with van der Waals surface area (Å²) in [4.78, 5) is 62.4. The van der Waals surface area contributed by atoms with Crippen molar-refractivity contribution in [3.63, 3.8) is 0 Å². The van der Waals surface area contributed by atoms with Crippen molar-refractivity contribution in [2.24, 2.45) is 17.8 Å². The van der Waals surface area contributed by atoms with Crippen LogP contribution in [0.5, 0.6) is 0 Å². The number of nitrogens with zero attached hydrogens (tertiary/aromatic N) is 3. The van der Waals surface area contributed by atoms with E-state index in [1.54, 1.807) is 22.9 Å². The van der Waals surface area contributed by atoms with E-state index < -0.39 is 59.6 Å². The number of esters is 1. The zero-order valence-corrected chi connectivity index (χ0v) is 29.9. The average molecular weight is 735 g/mol. The second-order valence-electron chi connectivity index (χ2n) is 13.8. The molecule has 8 atom stereocenters. The van der Waals surface area contributed by atoms with Crippen LogP contribution in [0.15, 0.2) is 83.4 Å². The molecule has 0 radical (unpaired) electrons. The van der Waals surface area contributed by atoms with Gasteiger partial charge in [0.2, 0.25) is 17.7 Å². The number of rotatable bonds is 6. The van der Waals surface area contributed by atoms with Crippen molar-refractivity contribution >= 4 is 39.6 Å². The summed E-state index contributed by atoms with van der Waals surface area (Å²) in [6.45, 7) is 5.73. The first-order valence-electron chi connectivity index (χ1n) is 17.0. The number of hydrogen-bond donors (Lipinski definition) is 1. The van der Waals surface area contributed by atoms with Gasteiger partial charge in [0, 0.05) is 31.0 Å². The van der Waals surface area contributed by atoms with E-state index in [0.29, 0.717) is 16.5 Å². The van der Waals surface area contributed by atoms with Gasteiger partial charge in [0.25, 0.3) is 0 Å². The van der Waals surface area contributed by atoms with Crippen LogP contribution in [0.2, 0.25) is 0 Å². The number of likely N-dealkylation sites (tertiary alicyclic amines) is 1. The molecule has 0 aromatic heterocycles. The Hall–Kier alpha value is -3.80. The van der Waals surface area contributed by atoms with E-state index in [1.807, 2.05) is 93.6 Å². The summed E-state index contributed by atoms with van der Waals surface area (Å²) in [5.41, 5.74) is 0.130. The SMILES string of the molecule is CC(C)[C@H](CO)N1C(=O)[C@@H]2[C@H]3C(=O)O[C@@H](c4ccccc4)[C@H](C)N(C)C(=O)CC/C=C\CN(Cc4ccccc4)C(=O)[C@@H]1[C@]21C=C(Br)[C@H]3O1. The lowest BCUT2D eigenvalue weighted by Crippen LogP contribution is -2.59. The molecule has 0 unspecified atom stereocenters. The summed E-state index contributed by atoms with van der Waals surface area (Å²) < 4.78 is 13.6. The standard InChI is InChI=1S/C38H44BrN3O7/c1-23(2)28(22-43)42-34-36(46)41(21-25-14-8-5-9-15-25)19-13-7-12-18-29(44)40(4)24(3)32(26-16-10-6-11-17-26)48-37(47)30-31(35(42)45)38(34)20-27(39)33(30)49-38/h5-11,13-17,20,23-24,28,30-34,43H,12,18-19,21-22H2,1-4H3/b13-7-/t24-,28-,30+,31-,32+,33+,34+,38-/m0/s1. The van der Waals surface area contributed by atoms with Gasteiger partial charge in [0.1, 0.15) is 29.8 Å². The Balaban J connectivity index is 1.49. The van der Waals surface area contributed by atoms with Gasteiger partial charge in [-0.15, -0.1) is 0 Å². The van der Waals surface area contributed by atoms with Crippen LogP contribution in [0.1, 0.15) is 50.8 Å². The molecule has 1 N–H and O–H groups in total. The highest BCUT2D eigenvalue weighted by Gasteiger charge is 2.75. The summed E-state index contributed by atoms with van der Waals surface area (Å²) in [7, 11) is 1.70. The van der Waals surface area contributed by atoms with Crippen molar-refractivity contribution in [2.45, 2.75) is 76.1 Å². The molecule has 2 aromatic carbocycles. The van der Waals surface area contributed by atoms with Crippen molar-refractivity contribution in [1.29, 1.82) is 0 Å².